The van der Waals surface area contributed by atoms with E-state index in [9.17, 15) is 0 Å². The molecule has 136 valence electrons. The lowest BCUT2D eigenvalue weighted by molar-refractivity contribution is 1.31. The van der Waals surface area contributed by atoms with Crippen LogP contribution < -0.4 is 0 Å². The second-order valence-corrected chi connectivity index (χ2v) is 7.24. The summed E-state index contributed by atoms with van der Waals surface area (Å²) in [6.07, 6.45) is 2.05. The van der Waals surface area contributed by atoms with E-state index >= 15 is 0 Å². The highest BCUT2D eigenvalue weighted by Crippen LogP contribution is 2.36. The quantitative estimate of drug-likeness (QED) is 0.377. The summed E-state index contributed by atoms with van der Waals surface area (Å²) >= 11 is 0. The summed E-state index contributed by atoms with van der Waals surface area (Å²) in [7, 11) is 0. The number of nitrogens with zero attached hydrogens (tertiary/aromatic N) is 1. The first-order valence-corrected chi connectivity index (χ1v) is 9.50. The van der Waals surface area contributed by atoms with E-state index in [4.69, 9.17) is 4.98 Å². The average Bonchev–Trinajstić information content (AvgIpc) is 3.34. The molecule has 28 heavy (non-hydrogen) atoms. The van der Waals surface area contributed by atoms with Crippen LogP contribution in [0.5, 0.6) is 0 Å². The van der Waals surface area contributed by atoms with Crippen LogP contribution in [0.1, 0.15) is 11.1 Å². The molecule has 0 radical (unpaired) electrons. The zero-order valence-electron chi connectivity index (χ0n) is 16.0. The Morgan fingerprint density at radius 3 is 2.32 bits per heavy atom. The lowest BCUT2D eigenvalue weighted by Crippen LogP contribution is -1.84. The van der Waals surface area contributed by atoms with Gasteiger partial charge in [-0.1, -0.05) is 72.3 Å². The van der Waals surface area contributed by atoms with Gasteiger partial charge in [0, 0.05) is 33.8 Å². The van der Waals surface area contributed by atoms with Crippen LogP contribution in [-0.2, 0) is 0 Å². The van der Waals surface area contributed by atoms with Gasteiger partial charge < -0.3 is 9.97 Å². The van der Waals surface area contributed by atoms with Crippen molar-refractivity contribution in [3.8, 4) is 33.9 Å². The summed E-state index contributed by atoms with van der Waals surface area (Å²) in [4.78, 5) is 12.0. The standard InChI is InChI=1S/C25H21N3/c1-16-11-13-19(14-12-16)24-23(18-8-4-3-5-9-18)27-25(28-24)20-15-26-21-10-6-7-17(2)22(20)21/h3-15,26H,1-2H3,(H,27,28). The van der Waals surface area contributed by atoms with Crippen LogP contribution in [-0.4, -0.2) is 15.0 Å². The SMILES string of the molecule is Cc1ccc(-c2[nH]c(-c3c[nH]c4cccc(C)c34)nc2-c2ccccc2)cc1. The highest BCUT2D eigenvalue weighted by atomic mass is 14.9. The second kappa shape index (κ2) is 6.54. The molecule has 0 fully saturated rings. The number of imidazole rings is 1. The summed E-state index contributed by atoms with van der Waals surface area (Å²) in [5.74, 6) is 0.884. The van der Waals surface area contributed by atoms with Crippen molar-refractivity contribution in [2.24, 2.45) is 0 Å². The zero-order valence-corrected chi connectivity index (χ0v) is 16.0. The predicted octanol–water partition coefficient (Wildman–Crippen LogP) is 6.51. The topological polar surface area (TPSA) is 44.5 Å². The highest BCUT2D eigenvalue weighted by molar-refractivity contribution is 5.97. The molecule has 0 aliphatic carbocycles. The van der Waals surface area contributed by atoms with Crippen molar-refractivity contribution >= 4 is 10.9 Å². The Morgan fingerprint density at radius 1 is 0.750 bits per heavy atom. The number of hydrogen-bond acceptors (Lipinski definition) is 1. The van der Waals surface area contributed by atoms with Crippen molar-refractivity contribution in [3.63, 3.8) is 0 Å². The van der Waals surface area contributed by atoms with E-state index in [1.54, 1.807) is 0 Å². The van der Waals surface area contributed by atoms with E-state index in [2.05, 4.69) is 90.5 Å². The molecule has 5 rings (SSSR count). The molecule has 0 saturated heterocycles. The van der Waals surface area contributed by atoms with Crippen molar-refractivity contribution in [2.45, 2.75) is 13.8 Å². The maximum atomic E-state index is 5.04. The van der Waals surface area contributed by atoms with Crippen LogP contribution in [0, 0.1) is 13.8 Å². The predicted molar refractivity (Wildman–Crippen MR) is 116 cm³/mol. The van der Waals surface area contributed by atoms with Gasteiger partial charge in [0.2, 0.25) is 0 Å². The van der Waals surface area contributed by atoms with E-state index in [0.29, 0.717) is 0 Å². The fourth-order valence-corrected chi connectivity index (χ4v) is 3.79. The summed E-state index contributed by atoms with van der Waals surface area (Å²) in [5.41, 5.74) is 8.98. The molecule has 2 aromatic heterocycles. The minimum atomic E-state index is 0.884. The van der Waals surface area contributed by atoms with Gasteiger partial charge >= 0.3 is 0 Å². The first-order valence-electron chi connectivity index (χ1n) is 9.50. The Hall–Kier alpha value is -3.59. The number of rotatable bonds is 3. The number of H-pyrrole nitrogens is 2. The minimum absolute atomic E-state index is 0.884. The van der Waals surface area contributed by atoms with Crippen LogP contribution in [0.4, 0.5) is 0 Å². The summed E-state index contributed by atoms with van der Waals surface area (Å²) < 4.78 is 0. The number of aromatic nitrogens is 3. The molecular formula is C25H21N3. The highest BCUT2D eigenvalue weighted by Gasteiger charge is 2.17. The lowest BCUT2D eigenvalue weighted by Gasteiger charge is -2.03. The molecule has 0 unspecified atom stereocenters. The Balaban J connectivity index is 1.75. The fourth-order valence-electron chi connectivity index (χ4n) is 3.79. The Kier molecular flexibility index (Phi) is 3.87. The summed E-state index contributed by atoms with van der Waals surface area (Å²) in [6.45, 7) is 4.25. The molecule has 0 bridgehead atoms. The van der Waals surface area contributed by atoms with Crippen LogP contribution in [0.3, 0.4) is 0 Å². The zero-order chi connectivity index (χ0) is 19.1. The molecule has 0 aliphatic rings. The van der Waals surface area contributed by atoms with Gasteiger partial charge in [0.05, 0.1) is 11.4 Å². The van der Waals surface area contributed by atoms with Crippen molar-refractivity contribution in [3.05, 3.63) is 90.1 Å². The molecular weight excluding hydrogens is 342 g/mol. The van der Waals surface area contributed by atoms with Crippen LogP contribution in [0.25, 0.3) is 44.8 Å². The molecule has 3 nitrogen and oxygen atoms in total. The fraction of sp³-hybridized carbons (Fsp3) is 0.0800. The van der Waals surface area contributed by atoms with E-state index in [1.165, 1.54) is 16.5 Å². The lowest BCUT2D eigenvalue weighted by atomic mass is 10.0. The number of aryl methyl sites for hydroxylation is 2. The van der Waals surface area contributed by atoms with Gasteiger partial charge in [0.15, 0.2) is 0 Å². The van der Waals surface area contributed by atoms with Gasteiger partial charge in [-0.05, 0) is 25.5 Å². The van der Waals surface area contributed by atoms with E-state index in [0.717, 1.165) is 39.4 Å². The number of aromatic amines is 2. The third-order valence-electron chi connectivity index (χ3n) is 5.26. The second-order valence-electron chi connectivity index (χ2n) is 7.24. The van der Waals surface area contributed by atoms with Crippen molar-refractivity contribution in [2.75, 3.05) is 0 Å². The normalized spacial score (nSPS) is 11.2. The maximum absolute atomic E-state index is 5.04. The Morgan fingerprint density at radius 2 is 1.54 bits per heavy atom. The van der Waals surface area contributed by atoms with E-state index in [1.807, 2.05) is 12.3 Å². The van der Waals surface area contributed by atoms with Crippen LogP contribution >= 0.6 is 0 Å². The Bertz CT molecular complexity index is 1260. The molecule has 5 aromatic rings. The smallest absolute Gasteiger partial charge is 0.140 e. The maximum Gasteiger partial charge on any atom is 0.140 e. The molecule has 0 spiro atoms. The molecule has 2 heterocycles. The van der Waals surface area contributed by atoms with Gasteiger partial charge in [-0.25, -0.2) is 4.98 Å². The van der Waals surface area contributed by atoms with E-state index in [-0.39, 0.29) is 0 Å². The average molecular weight is 363 g/mol. The number of nitrogens with one attached hydrogen (secondary N) is 2. The van der Waals surface area contributed by atoms with Crippen molar-refractivity contribution < 1.29 is 0 Å². The first kappa shape index (κ1) is 16.6. The number of fused-ring (bicyclic) bond motifs is 1. The molecule has 0 aliphatic heterocycles. The molecule has 3 aromatic carbocycles. The van der Waals surface area contributed by atoms with Gasteiger partial charge in [0.1, 0.15) is 5.82 Å². The summed E-state index contributed by atoms with van der Waals surface area (Å²) in [5, 5.41) is 1.21. The summed E-state index contributed by atoms with van der Waals surface area (Å²) in [6, 6.07) is 25.3. The molecule has 0 atom stereocenters. The molecule has 2 N–H and O–H groups in total. The number of hydrogen-bond donors (Lipinski definition) is 2. The largest absolute Gasteiger partial charge is 0.360 e. The van der Waals surface area contributed by atoms with Gasteiger partial charge in [0.25, 0.3) is 0 Å². The van der Waals surface area contributed by atoms with Gasteiger partial charge in [-0.3, -0.25) is 0 Å². The van der Waals surface area contributed by atoms with Crippen molar-refractivity contribution in [1.82, 2.24) is 15.0 Å². The van der Waals surface area contributed by atoms with E-state index < -0.39 is 0 Å². The first-order chi connectivity index (χ1) is 13.7. The molecule has 3 heteroatoms. The Labute approximate surface area is 164 Å². The van der Waals surface area contributed by atoms with Crippen molar-refractivity contribution in [1.29, 1.82) is 0 Å². The third kappa shape index (κ3) is 2.72. The minimum Gasteiger partial charge on any atom is -0.360 e. The van der Waals surface area contributed by atoms with Gasteiger partial charge in [-0.15, -0.1) is 0 Å². The third-order valence-corrected chi connectivity index (χ3v) is 5.26. The van der Waals surface area contributed by atoms with Crippen LogP contribution in [0.15, 0.2) is 79.0 Å². The number of benzene rings is 3. The van der Waals surface area contributed by atoms with Crippen LogP contribution in [0.2, 0.25) is 0 Å². The van der Waals surface area contributed by atoms with Gasteiger partial charge in [-0.2, -0.15) is 0 Å². The molecule has 0 amide bonds. The molecule has 0 saturated carbocycles. The monoisotopic (exact) mass is 363 g/mol.